The van der Waals surface area contributed by atoms with Gasteiger partial charge < -0.3 is 10.2 Å². The fourth-order valence-corrected chi connectivity index (χ4v) is 3.57. The Balaban J connectivity index is 1.64. The third-order valence-corrected chi connectivity index (χ3v) is 5.46. The van der Waals surface area contributed by atoms with Crippen LogP contribution in [0.4, 0.5) is 0 Å². The number of halogens is 1. The summed E-state index contributed by atoms with van der Waals surface area (Å²) in [4.78, 5) is 17.3. The molecule has 27 heavy (non-hydrogen) atoms. The molecule has 3 rings (SSSR count). The summed E-state index contributed by atoms with van der Waals surface area (Å²) in [6.07, 6.45) is 0.376. The van der Waals surface area contributed by atoms with Crippen molar-refractivity contribution in [1.29, 1.82) is 0 Å². The number of nitrogens with one attached hydrogen (secondary N) is 1. The van der Waals surface area contributed by atoms with Crippen LogP contribution in [0.5, 0.6) is 0 Å². The number of nitrogens with zero attached hydrogens (tertiary/aromatic N) is 2. The van der Waals surface area contributed by atoms with E-state index >= 15 is 0 Å². The Hall–Kier alpha value is -1.88. The third-order valence-electron chi connectivity index (χ3n) is 5.21. The predicted octanol–water partition coefficient (Wildman–Crippen LogP) is 3.30. The average molecular weight is 386 g/mol. The van der Waals surface area contributed by atoms with Crippen LogP contribution in [0.3, 0.4) is 0 Å². The highest BCUT2D eigenvalue weighted by atomic mass is 35.5. The molecule has 0 aromatic heterocycles. The van der Waals surface area contributed by atoms with Gasteiger partial charge in [0.15, 0.2) is 0 Å². The summed E-state index contributed by atoms with van der Waals surface area (Å²) in [7, 11) is 2.16. The minimum atomic E-state index is 0.0450. The molecular weight excluding hydrogens is 358 g/mol. The zero-order valence-electron chi connectivity index (χ0n) is 16.1. The zero-order valence-corrected chi connectivity index (χ0v) is 16.9. The predicted molar refractivity (Wildman–Crippen MR) is 111 cm³/mol. The topological polar surface area (TPSA) is 35.6 Å². The Kier molecular flexibility index (Phi) is 6.89. The van der Waals surface area contributed by atoms with E-state index in [0.717, 1.165) is 31.7 Å². The molecule has 0 aliphatic carbocycles. The molecule has 1 saturated heterocycles. The summed E-state index contributed by atoms with van der Waals surface area (Å²) in [5, 5.41) is 3.83. The summed E-state index contributed by atoms with van der Waals surface area (Å²) in [6, 6.07) is 16.3. The molecule has 4 nitrogen and oxygen atoms in total. The van der Waals surface area contributed by atoms with Crippen molar-refractivity contribution in [2.24, 2.45) is 0 Å². The van der Waals surface area contributed by atoms with E-state index in [9.17, 15) is 4.79 Å². The molecule has 1 atom stereocenters. The van der Waals surface area contributed by atoms with E-state index in [-0.39, 0.29) is 11.9 Å². The van der Waals surface area contributed by atoms with Crippen molar-refractivity contribution >= 4 is 17.5 Å². The fourth-order valence-electron chi connectivity index (χ4n) is 3.44. The van der Waals surface area contributed by atoms with E-state index in [2.05, 4.69) is 53.4 Å². The molecule has 1 heterocycles. The van der Waals surface area contributed by atoms with Gasteiger partial charge in [-0.3, -0.25) is 9.69 Å². The number of rotatable bonds is 6. The van der Waals surface area contributed by atoms with Gasteiger partial charge in [0.2, 0.25) is 5.91 Å². The second kappa shape index (κ2) is 9.36. The van der Waals surface area contributed by atoms with Crippen LogP contribution in [0.2, 0.25) is 5.02 Å². The summed E-state index contributed by atoms with van der Waals surface area (Å²) >= 11 is 5.92. The van der Waals surface area contributed by atoms with Gasteiger partial charge in [0.25, 0.3) is 0 Å². The van der Waals surface area contributed by atoms with Gasteiger partial charge in [-0.2, -0.15) is 0 Å². The number of benzene rings is 2. The molecule has 144 valence electrons. The Bertz CT molecular complexity index is 737. The number of likely N-dealkylation sites (N-methyl/N-ethyl adjacent to an activating group) is 1. The van der Waals surface area contributed by atoms with E-state index in [1.165, 1.54) is 11.1 Å². The zero-order chi connectivity index (χ0) is 19.2. The lowest BCUT2D eigenvalue weighted by Gasteiger charge is -2.38. The molecule has 1 aliphatic rings. The lowest BCUT2D eigenvalue weighted by Crippen LogP contribution is -2.48. The van der Waals surface area contributed by atoms with Gasteiger partial charge in [-0.25, -0.2) is 0 Å². The first-order chi connectivity index (χ1) is 13.0. The van der Waals surface area contributed by atoms with E-state index < -0.39 is 0 Å². The molecule has 1 aliphatic heterocycles. The highest BCUT2D eigenvalue weighted by Gasteiger charge is 2.24. The number of hydrogen-bond donors (Lipinski definition) is 1. The molecule has 1 N–H and O–H groups in total. The van der Waals surface area contributed by atoms with Crippen molar-refractivity contribution in [2.45, 2.75) is 19.4 Å². The van der Waals surface area contributed by atoms with E-state index in [4.69, 9.17) is 11.6 Å². The van der Waals surface area contributed by atoms with Crippen molar-refractivity contribution in [3.63, 3.8) is 0 Å². The number of hydrogen-bond acceptors (Lipinski definition) is 3. The van der Waals surface area contributed by atoms with Gasteiger partial charge >= 0.3 is 0 Å². The summed E-state index contributed by atoms with van der Waals surface area (Å²) in [6.45, 7) is 6.87. The summed E-state index contributed by atoms with van der Waals surface area (Å²) < 4.78 is 0. The molecule has 0 spiro atoms. The van der Waals surface area contributed by atoms with E-state index in [1.807, 2.05) is 24.3 Å². The molecule has 1 fully saturated rings. The molecule has 0 bridgehead atoms. The van der Waals surface area contributed by atoms with Crippen LogP contribution in [0.1, 0.15) is 22.7 Å². The lowest BCUT2D eigenvalue weighted by molar-refractivity contribution is -0.120. The van der Waals surface area contributed by atoms with Crippen LogP contribution in [0.15, 0.2) is 48.5 Å². The number of amides is 1. The van der Waals surface area contributed by atoms with Crippen LogP contribution in [-0.4, -0.2) is 55.5 Å². The molecule has 5 heteroatoms. The first-order valence-corrected chi connectivity index (χ1v) is 9.89. The normalized spacial score (nSPS) is 16.9. The van der Waals surface area contributed by atoms with Crippen molar-refractivity contribution in [2.75, 3.05) is 39.8 Å². The molecular formula is C22H28ClN3O. The minimum Gasteiger partial charge on any atom is -0.354 e. The molecule has 0 saturated carbocycles. The van der Waals surface area contributed by atoms with Crippen LogP contribution in [0, 0.1) is 6.92 Å². The van der Waals surface area contributed by atoms with Gasteiger partial charge in [0, 0.05) is 37.7 Å². The maximum absolute atomic E-state index is 12.5. The summed E-state index contributed by atoms with van der Waals surface area (Å²) in [5.74, 6) is 0.0450. The fraction of sp³-hybridized carbons (Fsp3) is 0.409. The first-order valence-electron chi connectivity index (χ1n) is 9.51. The number of carbonyl (C=O) groups excluding carboxylic acids is 1. The van der Waals surface area contributed by atoms with Crippen molar-refractivity contribution in [3.05, 3.63) is 70.2 Å². The molecule has 2 aromatic rings. The number of carbonyl (C=O) groups is 1. The molecule has 2 aromatic carbocycles. The van der Waals surface area contributed by atoms with Crippen molar-refractivity contribution in [1.82, 2.24) is 15.1 Å². The van der Waals surface area contributed by atoms with Gasteiger partial charge in [-0.15, -0.1) is 0 Å². The molecule has 1 amide bonds. The minimum absolute atomic E-state index is 0.0450. The second-order valence-electron chi connectivity index (χ2n) is 7.37. The Morgan fingerprint density at radius 2 is 1.67 bits per heavy atom. The van der Waals surface area contributed by atoms with Crippen LogP contribution in [0.25, 0.3) is 0 Å². The third kappa shape index (κ3) is 5.80. The monoisotopic (exact) mass is 385 g/mol. The maximum Gasteiger partial charge on any atom is 0.224 e. The molecule has 0 radical (unpaired) electrons. The Labute approximate surface area is 167 Å². The van der Waals surface area contributed by atoms with Gasteiger partial charge in [-0.1, -0.05) is 53.6 Å². The van der Waals surface area contributed by atoms with E-state index in [0.29, 0.717) is 18.0 Å². The largest absolute Gasteiger partial charge is 0.354 e. The van der Waals surface area contributed by atoms with Gasteiger partial charge in [-0.05, 0) is 37.2 Å². The smallest absolute Gasteiger partial charge is 0.224 e. The first kappa shape index (κ1) is 19.9. The van der Waals surface area contributed by atoms with E-state index in [1.54, 1.807) is 0 Å². The van der Waals surface area contributed by atoms with Gasteiger partial charge in [0.05, 0.1) is 12.5 Å². The SMILES string of the molecule is Cc1ccc([C@@H](CNC(=O)Cc2ccc(Cl)cc2)N2CCN(C)CC2)cc1. The Morgan fingerprint density at radius 1 is 1.04 bits per heavy atom. The highest BCUT2D eigenvalue weighted by Crippen LogP contribution is 2.22. The van der Waals surface area contributed by atoms with Gasteiger partial charge in [0.1, 0.15) is 0 Å². The number of aryl methyl sites for hydroxylation is 1. The second-order valence-corrected chi connectivity index (χ2v) is 7.81. The average Bonchev–Trinajstić information content (AvgIpc) is 2.66. The van der Waals surface area contributed by atoms with Crippen LogP contribution < -0.4 is 5.32 Å². The Morgan fingerprint density at radius 3 is 2.30 bits per heavy atom. The highest BCUT2D eigenvalue weighted by molar-refractivity contribution is 6.30. The summed E-state index contributed by atoms with van der Waals surface area (Å²) in [5.41, 5.74) is 3.49. The standard InChI is InChI=1S/C22H28ClN3O/c1-17-3-7-19(8-4-17)21(26-13-11-25(2)12-14-26)16-24-22(27)15-18-5-9-20(23)10-6-18/h3-10,21H,11-16H2,1-2H3,(H,24,27)/t21-/m1/s1. The number of piperazine rings is 1. The van der Waals surface area contributed by atoms with Crippen molar-refractivity contribution < 1.29 is 4.79 Å². The lowest BCUT2D eigenvalue weighted by atomic mass is 10.0. The van der Waals surface area contributed by atoms with Crippen LogP contribution >= 0.6 is 11.6 Å². The van der Waals surface area contributed by atoms with Crippen LogP contribution in [-0.2, 0) is 11.2 Å². The quantitative estimate of drug-likeness (QED) is 0.828. The van der Waals surface area contributed by atoms with Crippen molar-refractivity contribution in [3.8, 4) is 0 Å². The molecule has 0 unspecified atom stereocenters. The maximum atomic E-state index is 12.5.